The molecule has 1 heterocycles. The van der Waals surface area contributed by atoms with Gasteiger partial charge < -0.3 is 4.90 Å². The molecule has 26 heavy (non-hydrogen) atoms. The third-order valence-corrected chi connectivity index (χ3v) is 6.43. The molecule has 0 unspecified atom stereocenters. The minimum absolute atomic E-state index is 1.05. The fourth-order valence-electron chi connectivity index (χ4n) is 2.81. The van der Waals surface area contributed by atoms with Crippen LogP contribution in [0.25, 0.3) is 0 Å². The van der Waals surface area contributed by atoms with Gasteiger partial charge in [-0.3, -0.25) is 0 Å². The van der Waals surface area contributed by atoms with Crippen LogP contribution < -0.4 is 4.90 Å². The van der Waals surface area contributed by atoms with Gasteiger partial charge in [0, 0.05) is 21.2 Å². The summed E-state index contributed by atoms with van der Waals surface area (Å²) in [6, 6.07) is 17.1. The summed E-state index contributed by atoms with van der Waals surface area (Å²) in [4.78, 5) is 6.10. The van der Waals surface area contributed by atoms with Crippen molar-refractivity contribution in [3.05, 3.63) is 88.8 Å². The molecular weight excluding hydrogens is 354 g/mol. The number of hydrogen-bond acceptors (Lipinski definition) is 3. The molecule has 0 spiro atoms. The Kier molecular flexibility index (Phi) is 6.70. The topological polar surface area (TPSA) is 3.24 Å². The molecular formula is C23H25NS2. The summed E-state index contributed by atoms with van der Waals surface area (Å²) < 4.78 is 0. The molecule has 0 radical (unpaired) electrons. The van der Waals surface area contributed by atoms with Gasteiger partial charge in [-0.15, -0.1) is 0 Å². The van der Waals surface area contributed by atoms with Crippen LogP contribution in [-0.2, 0) is 0 Å². The molecule has 0 bridgehead atoms. The Morgan fingerprint density at radius 3 is 2.73 bits per heavy atom. The van der Waals surface area contributed by atoms with E-state index >= 15 is 0 Å². The number of fused-ring (bicyclic) bond motifs is 1. The zero-order valence-electron chi connectivity index (χ0n) is 15.4. The van der Waals surface area contributed by atoms with E-state index in [2.05, 4.69) is 92.1 Å². The van der Waals surface area contributed by atoms with Crippen molar-refractivity contribution in [3.8, 4) is 0 Å². The van der Waals surface area contributed by atoms with Crippen molar-refractivity contribution in [3.63, 3.8) is 0 Å². The highest BCUT2D eigenvalue weighted by Gasteiger charge is 2.23. The van der Waals surface area contributed by atoms with E-state index in [4.69, 9.17) is 0 Å². The third kappa shape index (κ3) is 4.66. The predicted octanol–water partition coefficient (Wildman–Crippen LogP) is 7.41. The maximum Gasteiger partial charge on any atom is 0.0801 e. The average Bonchev–Trinajstić information content (AvgIpc) is 2.99. The molecule has 0 amide bonds. The Labute approximate surface area is 165 Å². The van der Waals surface area contributed by atoms with Crippen molar-refractivity contribution in [2.75, 3.05) is 11.4 Å². The summed E-state index contributed by atoms with van der Waals surface area (Å²) in [6.07, 6.45) is 8.85. The van der Waals surface area contributed by atoms with Gasteiger partial charge in [0.05, 0.1) is 10.7 Å². The minimum Gasteiger partial charge on any atom is -0.335 e. The van der Waals surface area contributed by atoms with Crippen LogP contribution in [0.3, 0.4) is 0 Å². The number of para-hydroxylation sites is 1. The zero-order chi connectivity index (χ0) is 18.4. The van der Waals surface area contributed by atoms with Gasteiger partial charge in [-0.2, -0.15) is 0 Å². The minimum atomic E-state index is 1.05. The Morgan fingerprint density at radius 2 is 1.92 bits per heavy atom. The first kappa shape index (κ1) is 18.9. The molecule has 0 saturated heterocycles. The van der Waals surface area contributed by atoms with E-state index in [-0.39, 0.29) is 0 Å². The van der Waals surface area contributed by atoms with E-state index in [1.165, 1.54) is 38.9 Å². The monoisotopic (exact) mass is 379 g/mol. The van der Waals surface area contributed by atoms with Gasteiger partial charge in [0.1, 0.15) is 0 Å². The quantitative estimate of drug-likeness (QED) is 0.364. The SMILES string of the molecule is C=C(/C=C/C=C1\Sc2ccccc2N1CCCC)Sc1ccccc1C. The van der Waals surface area contributed by atoms with Crippen LogP contribution in [0, 0.1) is 6.92 Å². The Bertz CT molecular complexity index is 836. The maximum atomic E-state index is 4.19. The van der Waals surface area contributed by atoms with Crippen LogP contribution >= 0.6 is 23.5 Å². The normalized spacial score (nSPS) is 15.0. The lowest BCUT2D eigenvalue weighted by Crippen LogP contribution is -2.18. The number of aryl methyl sites for hydroxylation is 1. The number of benzene rings is 2. The lowest BCUT2D eigenvalue weighted by atomic mass is 10.2. The number of rotatable bonds is 7. The van der Waals surface area contributed by atoms with Gasteiger partial charge >= 0.3 is 0 Å². The fraction of sp³-hybridized carbons (Fsp3) is 0.217. The van der Waals surface area contributed by atoms with Crippen LogP contribution in [0.2, 0.25) is 0 Å². The molecule has 0 fully saturated rings. The number of hydrogen-bond donors (Lipinski definition) is 0. The smallest absolute Gasteiger partial charge is 0.0801 e. The number of nitrogens with zero attached hydrogens (tertiary/aromatic N) is 1. The largest absolute Gasteiger partial charge is 0.335 e. The van der Waals surface area contributed by atoms with Gasteiger partial charge in [-0.05, 0) is 49.3 Å². The van der Waals surface area contributed by atoms with Gasteiger partial charge in [-0.1, -0.05) is 79.9 Å². The number of allylic oxidation sites excluding steroid dienone is 3. The van der Waals surface area contributed by atoms with Crippen LogP contribution in [-0.4, -0.2) is 6.54 Å². The lowest BCUT2D eigenvalue weighted by Gasteiger charge is -2.19. The van der Waals surface area contributed by atoms with Gasteiger partial charge in [0.15, 0.2) is 0 Å². The highest BCUT2D eigenvalue weighted by Crippen LogP contribution is 2.45. The van der Waals surface area contributed by atoms with E-state index in [9.17, 15) is 0 Å². The molecule has 1 nitrogen and oxygen atoms in total. The van der Waals surface area contributed by atoms with Gasteiger partial charge in [-0.25, -0.2) is 0 Å². The van der Waals surface area contributed by atoms with Crippen LogP contribution in [0.4, 0.5) is 5.69 Å². The molecule has 0 N–H and O–H groups in total. The highest BCUT2D eigenvalue weighted by atomic mass is 32.2. The molecule has 0 saturated carbocycles. The summed E-state index contributed by atoms with van der Waals surface area (Å²) in [7, 11) is 0. The van der Waals surface area contributed by atoms with Crippen LogP contribution in [0.1, 0.15) is 25.3 Å². The molecule has 1 aliphatic rings. The second kappa shape index (κ2) is 9.20. The first-order valence-electron chi connectivity index (χ1n) is 9.04. The summed E-state index contributed by atoms with van der Waals surface area (Å²) >= 11 is 3.58. The molecule has 0 atom stereocenters. The van der Waals surface area contributed by atoms with Crippen molar-refractivity contribution >= 4 is 29.2 Å². The summed E-state index contributed by atoms with van der Waals surface area (Å²) in [5, 5.41) is 1.30. The number of thioether (sulfide) groups is 2. The molecule has 3 heteroatoms. The fourth-order valence-corrected chi connectivity index (χ4v) is 4.71. The van der Waals surface area contributed by atoms with E-state index in [1.54, 1.807) is 11.8 Å². The summed E-state index contributed by atoms with van der Waals surface area (Å²) in [6.45, 7) is 9.64. The van der Waals surface area contributed by atoms with E-state index in [1.807, 2.05) is 11.8 Å². The molecule has 134 valence electrons. The second-order valence-corrected chi connectivity index (χ2v) is 8.50. The number of unbranched alkanes of at least 4 members (excludes halogenated alkanes) is 1. The highest BCUT2D eigenvalue weighted by molar-refractivity contribution is 8.03. The first-order chi connectivity index (χ1) is 12.7. The molecule has 0 aliphatic carbocycles. The van der Waals surface area contributed by atoms with Crippen LogP contribution in [0.5, 0.6) is 0 Å². The molecule has 0 aromatic heterocycles. The average molecular weight is 380 g/mol. The van der Waals surface area contributed by atoms with Crippen molar-refractivity contribution in [1.29, 1.82) is 0 Å². The van der Waals surface area contributed by atoms with Crippen molar-refractivity contribution in [1.82, 2.24) is 0 Å². The molecule has 3 rings (SSSR count). The van der Waals surface area contributed by atoms with Gasteiger partial charge in [0.25, 0.3) is 0 Å². The maximum absolute atomic E-state index is 4.19. The Hall–Kier alpha value is -1.84. The molecule has 1 aliphatic heterocycles. The second-order valence-electron chi connectivity index (χ2n) is 6.27. The zero-order valence-corrected chi connectivity index (χ0v) is 17.1. The lowest BCUT2D eigenvalue weighted by molar-refractivity contribution is 0.779. The van der Waals surface area contributed by atoms with E-state index in [0.717, 1.165) is 11.4 Å². The Balaban J connectivity index is 1.69. The van der Waals surface area contributed by atoms with Gasteiger partial charge in [0.2, 0.25) is 0 Å². The molecule has 2 aromatic carbocycles. The van der Waals surface area contributed by atoms with Crippen LogP contribution in [0.15, 0.2) is 93.1 Å². The molecule has 2 aromatic rings. The van der Waals surface area contributed by atoms with E-state index < -0.39 is 0 Å². The predicted molar refractivity (Wildman–Crippen MR) is 118 cm³/mol. The van der Waals surface area contributed by atoms with Crippen molar-refractivity contribution < 1.29 is 0 Å². The number of anilines is 1. The summed E-state index contributed by atoms with van der Waals surface area (Å²) in [5.41, 5.74) is 2.62. The first-order valence-corrected chi connectivity index (χ1v) is 10.7. The standard InChI is InChI=1S/C23H25NS2/c1-4-5-17-24-20-13-7-9-15-22(20)26-23(24)16-10-12-19(3)25-21-14-8-6-11-18(21)2/h6-16H,3-5,17H2,1-2H3/b12-10+,23-16-. The van der Waals surface area contributed by atoms with E-state index in [0.29, 0.717) is 0 Å². The summed E-state index contributed by atoms with van der Waals surface area (Å²) in [5.74, 6) is 0. The Morgan fingerprint density at radius 1 is 1.15 bits per heavy atom. The van der Waals surface area contributed by atoms with Crippen molar-refractivity contribution in [2.24, 2.45) is 0 Å². The van der Waals surface area contributed by atoms with Crippen molar-refractivity contribution in [2.45, 2.75) is 36.5 Å². The third-order valence-electron chi connectivity index (χ3n) is 4.23.